The highest BCUT2D eigenvalue weighted by Crippen LogP contribution is 2.34. The molecule has 110 valence electrons. The van der Waals surface area contributed by atoms with Gasteiger partial charge >= 0.3 is 6.18 Å². The van der Waals surface area contributed by atoms with Crippen LogP contribution >= 0.6 is 11.6 Å². The van der Waals surface area contributed by atoms with Gasteiger partial charge in [0.05, 0.1) is 22.2 Å². The largest absolute Gasteiger partial charge is 0.416 e. The maximum Gasteiger partial charge on any atom is 0.416 e. The highest BCUT2D eigenvalue weighted by molar-refractivity contribution is 6.33. The molecular weight excluding hydrogens is 293 g/mol. The molecule has 0 aliphatic carbocycles. The van der Waals surface area contributed by atoms with Crippen molar-refractivity contribution in [2.45, 2.75) is 12.6 Å². The van der Waals surface area contributed by atoms with Crippen LogP contribution in [-0.4, -0.2) is 30.9 Å². The second-order valence-electron chi connectivity index (χ2n) is 4.93. The molecule has 1 aliphatic heterocycles. The Labute approximate surface area is 119 Å². The van der Waals surface area contributed by atoms with Crippen molar-refractivity contribution < 1.29 is 18.0 Å². The number of nitrogens with one attached hydrogen (secondary N) is 1. The molecule has 0 saturated carbocycles. The van der Waals surface area contributed by atoms with E-state index in [1.54, 1.807) is 0 Å². The average molecular weight is 307 g/mol. The molecule has 0 spiro atoms. The monoisotopic (exact) mass is 306 g/mol. The predicted octanol–water partition coefficient (Wildman–Crippen LogP) is 3.25. The molecule has 0 bridgehead atoms. The SMILES string of the molecule is CN1CCC(C(=O)Nc2cc(C(F)(F)F)ccc2Cl)C1. The number of alkyl halides is 3. The maximum absolute atomic E-state index is 12.6. The van der Waals surface area contributed by atoms with Gasteiger partial charge in [0.15, 0.2) is 0 Å². The zero-order valence-electron chi connectivity index (χ0n) is 10.8. The van der Waals surface area contributed by atoms with Gasteiger partial charge in [0.25, 0.3) is 0 Å². The van der Waals surface area contributed by atoms with Crippen molar-refractivity contribution in [2.24, 2.45) is 5.92 Å². The minimum Gasteiger partial charge on any atom is -0.324 e. The smallest absolute Gasteiger partial charge is 0.324 e. The van der Waals surface area contributed by atoms with Crippen LogP contribution in [0, 0.1) is 5.92 Å². The molecule has 1 heterocycles. The molecular formula is C13H14ClF3N2O. The Balaban J connectivity index is 2.14. The van der Waals surface area contributed by atoms with E-state index in [4.69, 9.17) is 11.6 Å². The highest BCUT2D eigenvalue weighted by atomic mass is 35.5. The van der Waals surface area contributed by atoms with E-state index in [2.05, 4.69) is 5.32 Å². The van der Waals surface area contributed by atoms with E-state index in [0.717, 1.165) is 24.7 Å². The van der Waals surface area contributed by atoms with Gasteiger partial charge in [-0.3, -0.25) is 4.79 Å². The van der Waals surface area contributed by atoms with Crippen molar-refractivity contribution in [2.75, 3.05) is 25.5 Å². The van der Waals surface area contributed by atoms with Gasteiger partial charge in [0.2, 0.25) is 5.91 Å². The predicted molar refractivity (Wildman–Crippen MR) is 70.7 cm³/mol. The van der Waals surface area contributed by atoms with Crippen LogP contribution < -0.4 is 5.32 Å². The maximum atomic E-state index is 12.6. The Kier molecular flexibility index (Phi) is 4.25. The summed E-state index contributed by atoms with van der Waals surface area (Å²) >= 11 is 5.83. The van der Waals surface area contributed by atoms with E-state index in [9.17, 15) is 18.0 Å². The van der Waals surface area contributed by atoms with Gasteiger partial charge in [0, 0.05) is 6.54 Å². The first-order chi connectivity index (χ1) is 9.27. The Morgan fingerprint density at radius 1 is 1.45 bits per heavy atom. The third-order valence-electron chi connectivity index (χ3n) is 3.31. The molecule has 7 heteroatoms. The van der Waals surface area contributed by atoms with Gasteiger partial charge in [-0.2, -0.15) is 13.2 Å². The summed E-state index contributed by atoms with van der Waals surface area (Å²) in [6.07, 6.45) is -3.77. The topological polar surface area (TPSA) is 32.3 Å². The molecule has 20 heavy (non-hydrogen) atoms. The van der Waals surface area contributed by atoms with E-state index >= 15 is 0 Å². The molecule has 1 N–H and O–H groups in total. The van der Waals surface area contributed by atoms with Crippen molar-refractivity contribution in [1.82, 2.24) is 4.90 Å². The summed E-state index contributed by atoms with van der Waals surface area (Å²) in [6, 6.07) is 2.89. The van der Waals surface area contributed by atoms with E-state index in [-0.39, 0.29) is 22.5 Å². The number of hydrogen-bond donors (Lipinski definition) is 1. The van der Waals surface area contributed by atoms with Crippen LogP contribution in [-0.2, 0) is 11.0 Å². The fraction of sp³-hybridized carbons (Fsp3) is 0.462. The molecule has 1 unspecified atom stereocenters. The lowest BCUT2D eigenvalue weighted by atomic mass is 10.1. The van der Waals surface area contributed by atoms with E-state index in [1.165, 1.54) is 0 Å². The summed E-state index contributed by atoms with van der Waals surface area (Å²) in [6.45, 7) is 1.40. The molecule has 1 aliphatic rings. The molecule has 1 amide bonds. The number of halogens is 4. The van der Waals surface area contributed by atoms with Crippen LogP contribution in [0.25, 0.3) is 0 Å². The number of rotatable bonds is 2. The average Bonchev–Trinajstić information content (AvgIpc) is 2.77. The summed E-state index contributed by atoms with van der Waals surface area (Å²) < 4.78 is 37.9. The van der Waals surface area contributed by atoms with Crippen molar-refractivity contribution in [3.8, 4) is 0 Å². The van der Waals surface area contributed by atoms with Crippen LogP contribution in [0.1, 0.15) is 12.0 Å². The van der Waals surface area contributed by atoms with Gasteiger partial charge < -0.3 is 10.2 Å². The lowest BCUT2D eigenvalue weighted by Crippen LogP contribution is -2.25. The van der Waals surface area contributed by atoms with E-state index in [0.29, 0.717) is 13.0 Å². The van der Waals surface area contributed by atoms with Crippen LogP contribution in [0.15, 0.2) is 18.2 Å². The molecule has 2 rings (SSSR count). The summed E-state index contributed by atoms with van der Waals surface area (Å²) in [5.74, 6) is -0.513. The van der Waals surface area contributed by atoms with Crippen molar-refractivity contribution in [1.29, 1.82) is 0 Å². The molecule has 0 radical (unpaired) electrons. The Morgan fingerprint density at radius 2 is 2.15 bits per heavy atom. The summed E-state index contributed by atoms with van der Waals surface area (Å²) in [5.41, 5.74) is -0.832. The normalized spacial score (nSPS) is 20.1. The van der Waals surface area contributed by atoms with Crippen LogP contribution in [0.3, 0.4) is 0 Å². The Hall–Kier alpha value is -1.27. The molecule has 0 aromatic heterocycles. The number of carbonyl (C=O) groups excluding carboxylic acids is 1. The summed E-state index contributed by atoms with van der Waals surface area (Å²) in [5, 5.41) is 2.58. The molecule has 3 nitrogen and oxygen atoms in total. The van der Waals surface area contributed by atoms with Gasteiger partial charge in [-0.1, -0.05) is 11.6 Å². The zero-order valence-corrected chi connectivity index (χ0v) is 11.6. The summed E-state index contributed by atoms with van der Waals surface area (Å²) in [7, 11) is 1.89. The molecule has 1 saturated heterocycles. The fourth-order valence-corrected chi connectivity index (χ4v) is 2.35. The minimum absolute atomic E-state index is 0.000967. The second kappa shape index (κ2) is 5.61. The van der Waals surface area contributed by atoms with Crippen LogP contribution in [0.4, 0.5) is 18.9 Å². The molecule has 1 atom stereocenters. The number of hydrogen-bond acceptors (Lipinski definition) is 2. The van der Waals surface area contributed by atoms with Crippen molar-refractivity contribution in [3.63, 3.8) is 0 Å². The standard InChI is InChI=1S/C13H14ClF3N2O/c1-19-5-4-8(7-19)12(20)18-11-6-9(13(15,16)17)2-3-10(11)14/h2-3,6,8H,4-5,7H2,1H3,(H,18,20). The number of carbonyl (C=O) groups is 1. The number of nitrogens with zero attached hydrogens (tertiary/aromatic N) is 1. The van der Waals surface area contributed by atoms with Gasteiger partial charge in [-0.15, -0.1) is 0 Å². The number of likely N-dealkylation sites (tertiary alicyclic amines) is 1. The second-order valence-corrected chi connectivity index (χ2v) is 5.34. The lowest BCUT2D eigenvalue weighted by molar-refractivity contribution is -0.137. The third kappa shape index (κ3) is 3.43. The Bertz CT molecular complexity index is 519. The van der Waals surface area contributed by atoms with Crippen LogP contribution in [0.5, 0.6) is 0 Å². The number of anilines is 1. The zero-order chi connectivity index (χ0) is 14.9. The lowest BCUT2D eigenvalue weighted by Gasteiger charge is -2.14. The van der Waals surface area contributed by atoms with Crippen LogP contribution in [0.2, 0.25) is 5.02 Å². The molecule has 1 fully saturated rings. The minimum atomic E-state index is -4.46. The first kappa shape index (κ1) is 15.1. The first-order valence-electron chi connectivity index (χ1n) is 6.13. The third-order valence-corrected chi connectivity index (χ3v) is 3.64. The van der Waals surface area contributed by atoms with Crippen molar-refractivity contribution >= 4 is 23.2 Å². The van der Waals surface area contributed by atoms with Gasteiger partial charge in [-0.05, 0) is 38.2 Å². The highest BCUT2D eigenvalue weighted by Gasteiger charge is 2.32. The van der Waals surface area contributed by atoms with Crippen molar-refractivity contribution in [3.05, 3.63) is 28.8 Å². The summed E-state index contributed by atoms with van der Waals surface area (Å²) in [4.78, 5) is 14.0. The number of benzene rings is 1. The Morgan fingerprint density at radius 3 is 2.70 bits per heavy atom. The quantitative estimate of drug-likeness (QED) is 0.909. The fourth-order valence-electron chi connectivity index (χ4n) is 2.18. The van der Waals surface area contributed by atoms with Gasteiger partial charge in [0.1, 0.15) is 0 Å². The van der Waals surface area contributed by atoms with Gasteiger partial charge in [-0.25, -0.2) is 0 Å². The molecule has 1 aromatic rings. The van der Waals surface area contributed by atoms with E-state index < -0.39 is 11.7 Å². The molecule has 1 aromatic carbocycles. The number of amides is 1. The van der Waals surface area contributed by atoms with E-state index in [1.807, 2.05) is 11.9 Å². The first-order valence-corrected chi connectivity index (χ1v) is 6.51.